The molecule has 0 aliphatic heterocycles. The second-order valence-electron chi connectivity index (χ2n) is 5.36. The number of nitrogens with one attached hydrogen (secondary N) is 1. The highest BCUT2D eigenvalue weighted by Crippen LogP contribution is 2.28. The van der Waals surface area contributed by atoms with Crippen LogP contribution < -0.4 is 5.32 Å². The van der Waals surface area contributed by atoms with Crippen molar-refractivity contribution in [2.75, 3.05) is 5.32 Å². The molecule has 102 valence electrons. The summed E-state index contributed by atoms with van der Waals surface area (Å²) in [6, 6.07) is 4.34. The Bertz CT molecular complexity index is 575. The average Bonchev–Trinajstić information content (AvgIpc) is 2.76. The molecule has 0 bridgehead atoms. The Morgan fingerprint density at radius 3 is 2.68 bits per heavy atom. The lowest BCUT2D eigenvalue weighted by Crippen LogP contribution is -2.09. The minimum absolute atomic E-state index is 0.0659. The van der Waals surface area contributed by atoms with Gasteiger partial charge in [0, 0.05) is 16.5 Å². The number of nitrogens with zero attached hydrogens (tertiary/aromatic N) is 1. The van der Waals surface area contributed by atoms with Gasteiger partial charge in [-0.05, 0) is 18.2 Å². The predicted molar refractivity (Wildman–Crippen MR) is 79.6 cm³/mol. The molecule has 1 heterocycles. The van der Waals surface area contributed by atoms with Crippen molar-refractivity contribution in [2.24, 2.45) is 0 Å². The van der Waals surface area contributed by atoms with E-state index in [2.05, 4.69) is 31.1 Å². The van der Waals surface area contributed by atoms with Gasteiger partial charge in [-0.3, -0.25) is 0 Å². The number of thiazole rings is 1. The maximum Gasteiger partial charge on any atom is 0.124 e. The van der Waals surface area contributed by atoms with Crippen molar-refractivity contribution >= 4 is 28.6 Å². The zero-order valence-corrected chi connectivity index (χ0v) is 12.7. The number of rotatable bonds is 3. The molecule has 0 atom stereocenters. The number of hydrogen-bond donors (Lipinski definition) is 1. The highest BCUT2D eigenvalue weighted by Gasteiger charge is 2.17. The minimum atomic E-state index is -0.330. The maximum atomic E-state index is 12.9. The molecule has 2 nitrogen and oxygen atoms in total. The Balaban J connectivity index is 2.04. The molecule has 0 fully saturated rings. The van der Waals surface area contributed by atoms with E-state index < -0.39 is 0 Å². The first kappa shape index (κ1) is 14.3. The molecule has 0 aliphatic carbocycles. The fraction of sp³-hybridized carbons (Fsp3) is 0.357. The third-order valence-electron chi connectivity index (χ3n) is 2.58. The van der Waals surface area contributed by atoms with Crippen LogP contribution in [0.4, 0.5) is 10.1 Å². The van der Waals surface area contributed by atoms with Crippen LogP contribution in [0, 0.1) is 5.82 Å². The van der Waals surface area contributed by atoms with E-state index in [1.165, 1.54) is 12.1 Å². The van der Waals surface area contributed by atoms with Gasteiger partial charge >= 0.3 is 0 Å². The molecule has 0 saturated heterocycles. The normalized spacial score (nSPS) is 11.6. The second-order valence-corrected chi connectivity index (χ2v) is 6.88. The van der Waals surface area contributed by atoms with E-state index in [0.29, 0.717) is 11.6 Å². The van der Waals surface area contributed by atoms with Gasteiger partial charge in [0.2, 0.25) is 0 Å². The molecule has 5 heteroatoms. The monoisotopic (exact) mass is 298 g/mol. The number of hydrogen-bond acceptors (Lipinski definition) is 3. The van der Waals surface area contributed by atoms with E-state index >= 15 is 0 Å². The molecular formula is C14H16ClFN2S. The molecule has 2 rings (SSSR count). The third-order valence-corrected chi connectivity index (χ3v) is 4.32. The van der Waals surface area contributed by atoms with E-state index in [1.54, 1.807) is 17.4 Å². The molecule has 0 amide bonds. The molecule has 2 aromatic rings. The second kappa shape index (κ2) is 5.47. The molecule has 1 aromatic heterocycles. The van der Waals surface area contributed by atoms with Gasteiger partial charge in [-0.2, -0.15) is 0 Å². The molecule has 0 saturated carbocycles. The van der Waals surface area contributed by atoms with Crippen LogP contribution in [-0.2, 0) is 12.0 Å². The number of halogens is 2. The van der Waals surface area contributed by atoms with Crippen LogP contribution in [-0.4, -0.2) is 4.98 Å². The first-order valence-electron chi connectivity index (χ1n) is 6.00. The third kappa shape index (κ3) is 3.67. The van der Waals surface area contributed by atoms with Crippen LogP contribution >= 0.6 is 22.9 Å². The molecule has 0 aliphatic rings. The summed E-state index contributed by atoms with van der Waals surface area (Å²) < 4.78 is 12.9. The van der Waals surface area contributed by atoms with Crippen molar-refractivity contribution in [1.82, 2.24) is 4.98 Å². The van der Waals surface area contributed by atoms with Crippen LogP contribution in [0.15, 0.2) is 24.4 Å². The van der Waals surface area contributed by atoms with Gasteiger partial charge in [0.1, 0.15) is 5.82 Å². The van der Waals surface area contributed by atoms with Crippen molar-refractivity contribution in [3.8, 4) is 0 Å². The molecular weight excluding hydrogens is 283 g/mol. The first-order valence-corrected chi connectivity index (χ1v) is 7.20. The van der Waals surface area contributed by atoms with E-state index in [-0.39, 0.29) is 11.2 Å². The van der Waals surface area contributed by atoms with E-state index in [0.717, 1.165) is 15.6 Å². The van der Waals surface area contributed by atoms with Crippen molar-refractivity contribution in [3.63, 3.8) is 0 Å². The van der Waals surface area contributed by atoms with Gasteiger partial charge in [0.15, 0.2) is 0 Å². The smallest absolute Gasteiger partial charge is 0.124 e. The van der Waals surface area contributed by atoms with Crippen molar-refractivity contribution in [3.05, 3.63) is 45.1 Å². The Labute approximate surface area is 121 Å². The lowest BCUT2D eigenvalue weighted by atomic mass is 9.98. The molecule has 1 aromatic carbocycles. The van der Waals surface area contributed by atoms with Gasteiger partial charge < -0.3 is 5.32 Å². The van der Waals surface area contributed by atoms with Crippen LogP contribution in [0.5, 0.6) is 0 Å². The summed E-state index contributed by atoms with van der Waals surface area (Å²) in [6.45, 7) is 7.05. The van der Waals surface area contributed by atoms with Crippen LogP contribution in [0.1, 0.15) is 30.7 Å². The fourth-order valence-corrected chi connectivity index (χ4v) is 2.69. The molecule has 0 spiro atoms. The fourth-order valence-electron chi connectivity index (χ4n) is 1.55. The molecule has 1 N–H and O–H groups in total. The van der Waals surface area contributed by atoms with Crippen molar-refractivity contribution in [2.45, 2.75) is 32.7 Å². The van der Waals surface area contributed by atoms with Gasteiger partial charge in [-0.25, -0.2) is 9.37 Å². The largest absolute Gasteiger partial charge is 0.379 e. The standard InChI is InChI=1S/C14H16ClFN2S/c1-14(2,3)13-18-8-10(19-13)7-17-12-5-4-9(16)6-11(12)15/h4-6,8,17H,7H2,1-3H3. The molecule has 0 radical (unpaired) electrons. The number of aromatic nitrogens is 1. The van der Waals surface area contributed by atoms with E-state index in [1.807, 2.05) is 6.20 Å². The van der Waals surface area contributed by atoms with E-state index in [9.17, 15) is 4.39 Å². The van der Waals surface area contributed by atoms with Gasteiger partial charge in [-0.15, -0.1) is 11.3 Å². The lowest BCUT2D eigenvalue weighted by molar-refractivity contribution is 0.585. The lowest BCUT2D eigenvalue weighted by Gasteiger charge is -2.13. The summed E-state index contributed by atoms with van der Waals surface area (Å²) in [6.07, 6.45) is 1.87. The SMILES string of the molecule is CC(C)(C)c1ncc(CNc2ccc(F)cc2Cl)s1. The van der Waals surface area contributed by atoms with Gasteiger partial charge in [-0.1, -0.05) is 32.4 Å². The maximum absolute atomic E-state index is 12.9. The summed E-state index contributed by atoms with van der Waals surface area (Å²) in [7, 11) is 0. The number of benzene rings is 1. The average molecular weight is 299 g/mol. The number of anilines is 1. The first-order chi connectivity index (χ1) is 8.86. The van der Waals surface area contributed by atoms with E-state index in [4.69, 9.17) is 11.6 Å². The summed E-state index contributed by atoms with van der Waals surface area (Å²) in [5, 5.41) is 4.69. The Hall–Kier alpha value is -1.13. The Morgan fingerprint density at radius 1 is 1.37 bits per heavy atom. The highest BCUT2D eigenvalue weighted by atomic mass is 35.5. The molecule has 0 unspecified atom stereocenters. The van der Waals surface area contributed by atoms with Crippen molar-refractivity contribution in [1.29, 1.82) is 0 Å². The topological polar surface area (TPSA) is 24.9 Å². The minimum Gasteiger partial charge on any atom is -0.379 e. The van der Waals surface area contributed by atoms with Gasteiger partial charge in [0.25, 0.3) is 0 Å². The molecule has 19 heavy (non-hydrogen) atoms. The summed E-state index contributed by atoms with van der Waals surface area (Å²) in [5.41, 5.74) is 0.796. The van der Waals surface area contributed by atoms with Crippen molar-refractivity contribution < 1.29 is 4.39 Å². The van der Waals surface area contributed by atoms with Crippen LogP contribution in [0.25, 0.3) is 0 Å². The highest BCUT2D eigenvalue weighted by molar-refractivity contribution is 7.11. The Kier molecular flexibility index (Phi) is 4.11. The zero-order chi connectivity index (χ0) is 14.0. The quantitative estimate of drug-likeness (QED) is 0.876. The summed E-state index contributed by atoms with van der Waals surface area (Å²) in [4.78, 5) is 5.55. The van der Waals surface area contributed by atoms with Crippen LogP contribution in [0.3, 0.4) is 0 Å². The summed E-state index contributed by atoms with van der Waals surface area (Å²) >= 11 is 7.64. The Morgan fingerprint density at radius 2 is 2.11 bits per heavy atom. The van der Waals surface area contributed by atoms with Gasteiger partial charge in [0.05, 0.1) is 22.3 Å². The zero-order valence-electron chi connectivity index (χ0n) is 11.1. The summed E-state index contributed by atoms with van der Waals surface area (Å²) in [5.74, 6) is -0.330. The predicted octanol–water partition coefficient (Wildman–Crippen LogP) is 4.85. The van der Waals surface area contributed by atoms with Crippen LogP contribution in [0.2, 0.25) is 5.02 Å².